The van der Waals surface area contributed by atoms with Gasteiger partial charge in [-0.15, -0.1) is 10.2 Å². The van der Waals surface area contributed by atoms with Gasteiger partial charge >= 0.3 is 0 Å². The van der Waals surface area contributed by atoms with Crippen molar-refractivity contribution in [1.29, 1.82) is 5.26 Å². The van der Waals surface area contributed by atoms with Gasteiger partial charge in [-0.25, -0.2) is 0 Å². The lowest BCUT2D eigenvalue weighted by atomic mass is 10.2. The van der Waals surface area contributed by atoms with Crippen LogP contribution in [0.1, 0.15) is 11.4 Å². The molecule has 0 saturated carbocycles. The van der Waals surface area contributed by atoms with Crippen molar-refractivity contribution in [2.24, 2.45) is 0 Å². The summed E-state index contributed by atoms with van der Waals surface area (Å²) in [4.78, 5) is 0. The Morgan fingerprint density at radius 2 is 2.39 bits per heavy atom. The van der Waals surface area contributed by atoms with Crippen LogP contribution in [0.15, 0.2) is 42.9 Å². The Balaban J connectivity index is 1.74. The molecule has 23 heavy (non-hydrogen) atoms. The quantitative estimate of drug-likeness (QED) is 0.695. The average molecular weight is 327 g/mol. The Kier molecular flexibility index (Phi) is 4.31. The highest BCUT2D eigenvalue weighted by Crippen LogP contribution is 2.14. The van der Waals surface area contributed by atoms with E-state index in [0.29, 0.717) is 11.6 Å². The van der Waals surface area contributed by atoms with Crippen LogP contribution in [0.4, 0.5) is 5.69 Å². The molecule has 2 aromatic heterocycles. The molecule has 0 amide bonds. The van der Waals surface area contributed by atoms with Crippen LogP contribution >= 0.6 is 11.6 Å². The molecular weight excluding hydrogens is 316 g/mol. The third kappa shape index (κ3) is 3.72. The molecule has 0 unspecified atom stereocenters. The summed E-state index contributed by atoms with van der Waals surface area (Å²) in [6, 6.07) is 9.76. The Morgan fingerprint density at radius 3 is 3.09 bits per heavy atom. The Hall–Kier alpha value is -3.18. The number of aromatic amines is 1. The van der Waals surface area contributed by atoms with Gasteiger partial charge in [0.05, 0.1) is 17.8 Å². The molecule has 3 rings (SSSR count). The van der Waals surface area contributed by atoms with Crippen molar-refractivity contribution in [1.82, 2.24) is 30.4 Å². The summed E-state index contributed by atoms with van der Waals surface area (Å²) in [6.45, 7) is 0.599. The summed E-state index contributed by atoms with van der Waals surface area (Å²) in [5.41, 5.74) is 2.15. The maximum absolute atomic E-state index is 9.12. The smallest absolute Gasteiger partial charge is 0.216 e. The third-order valence-corrected chi connectivity index (χ3v) is 3.16. The number of nitrogens with one attached hydrogen (secondary N) is 2. The summed E-state index contributed by atoms with van der Waals surface area (Å²) in [5, 5.41) is 30.2. The molecule has 0 aliphatic carbocycles. The summed E-state index contributed by atoms with van der Waals surface area (Å²) in [5.74, 6) is 0.238. The fraction of sp³-hybridized carbons (Fsp3) is 0.0714. The lowest BCUT2D eigenvalue weighted by Gasteiger charge is -2.06. The van der Waals surface area contributed by atoms with Gasteiger partial charge in [-0.1, -0.05) is 23.7 Å². The molecule has 0 fully saturated rings. The monoisotopic (exact) mass is 326 g/mol. The van der Waals surface area contributed by atoms with Crippen LogP contribution in [-0.4, -0.2) is 30.4 Å². The van der Waals surface area contributed by atoms with Gasteiger partial charge in [0.2, 0.25) is 5.82 Å². The molecule has 0 aliphatic rings. The first-order chi connectivity index (χ1) is 11.2. The van der Waals surface area contributed by atoms with E-state index in [0.717, 1.165) is 11.3 Å². The molecule has 0 bridgehead atoms. The number of anilines is 1. The third-order valence-electron chi connectivity index (χ3n) is 2.96. The van der Waals surface area contributed by atoms with Gasteiger partial charge in [0.15, 0.2) is 0 Å². The normalized spacial score (nSPS) is 11.2. The topological polar surface area (TPSA) is 108 Å². The van der Waals surface area contributed by atoms with E-state index in [1.54, 1.807) is 17.1 Å². The van der Waals surface area contributed by atoms with Crippen molar-refractivity contribution in [2.45, 2.75) is 6.54 Å². The van der Waals surface area contributed by atoms with Gasteiger partial charge in [-0.2, -0.15) is 15.6 Å². The van der Waals surface area contributed by atoms with E-state index in [9.17, 15) is 0 Å². The van der Waals surface area contributed by atoms with Gasteiger partial charge in [-0.05, 0) is 22.9 Å². The molecule has 3 aromatic rings. The molecular formula is C14H11ClN8. The molecule has 8 nitrogen and oxygen atoms in total. The number of allylic oxidation sites excluding steroid dienone is 1. The van der Waals surface area contributed by atoms with Crippen molar-refractivity contribution in [3.05, 3.63) is 59.3 Å². The van der Waals surface area contributed by atoms with E-state index < -0.39 is 0 Å². The van der Waals surface area contributed by atoms with Gasteiger partial charge < -0.3 is 5.32 Å². The predicted octanol–water partition coefficient (Wildman–Crippen LogP) is 2.07. The Morgan fingerprint density at radius 1 is 1.48 bits per heavy atom. The van der Waals surface area contributed by atoms with Crippen molar-refractivity contribution in [3.8, 4) is 6.07 Å². The maximum atomic E-state index is 9.12. The summed E-state index contributed by atoms with van der Waals surface area (Å²) >= 11 is 5.85. The summed E-state index contributed by atoms with van der Waals surface area (Å²) in [7, 11) is 0. The molecule has 0 aliphatic heterocycles. The molecule has 0 spiro atoms. The number of hydrogen-bond acceptors (Lipinski definition) is 6. The van der Waals surface area contributed by atoms with Crippen LogP contribution in [-0.2, 0) is 6.54 Å². The van der Waals surface area contributed by atoms with Crippen molar-refractivity contribution in [3.63, 3.8) is 0 Å². The van der Waals surface area contributed by atoms with E-state index in [2.05, 4.69) is 31.0 Å². The Bertz CT molecular complexity index is 859. The summed E-state index contributed by atoms with van der Waals surface area (Å²) in [6.07, 6.45) is 4.89. The molecule has 0 saturated heterocycles. The average Bonchev–Trinajstić information content (AvgIpc) is 3.21. The zero-order chi connectivity index (χ0) is 16.1. The zero-order valence-electron chi connectivity index (χ0n) is 11.8. The van der Waals surface area contributed by atoms with Gasteiger partial charge in [-0.3, -0.25) is 4.68 Å². The lowest BCUT2D eigenvalue weighted by molar-refractivity contribution is 0.687. The van der Waals surface area contributed by atoms with Crippen LogP contribution in [0.2, 0.25) is 5.02 Å². The fourth-order valence-corrected chi connectivity index (χ4v) is 2.11. The van der Waals surface area contributed by atoms with E-state index in [1.165, 1.54) is 6.20 Å². The first-order valence-corrected chi connectivity index (χ1v) is 7.00. The number of halogens is 1. The number of nitriles is 1. The van der Waals surface area contributed by atoms with Crippen molar-refractivity contribution < 1.29 is 0 Å². The Labute approximate surface area is 136 Å². The molecule has 1 aromatic carbocycles. The molecule has 114 valence electrons. The number of benzene rings is 1. The first-order valence-electron chi connectivity index (χ1n) is 6.62. The zero-order valence-corrected chi connectivity index (χ0v) is 12.6. The number of H-pyrrole nitrogens is 1. The maximum Gasteiger partial charge on any atom is 0.216 e. The minimum Gasteiger partial charge on any atom is -0.360 e. The number of hydrogen-bond donors (Lipinski definition) is 2. The second-order valence-corrected chi connectivity index (χ2v) is 5.04. The number of tetrazole rings is 1. The highest BCUT2D eigenvalue weighted by molar-refractivity contribution is 6.30. The van der Waals surface area contributed by atoms with Crippen molar-refractivity contribution >= 4 is 22.9 Å². The number of aromatic nitrogens is 6. The lowest BCUT2D eigenvalue weighted by Crippen LogP contribution is -2.00. The second kappa shape index (κ2) is 6.72. The molecule has 2 heterocycles. The largest absolute Gasteiger partial charge is 0.360 e. The minimum absolute atomic E-state index is 0.238. The number of rotatable bonds is 5. The van der Waals surface area contributed by atoms with Gasteiger partial charge in [0, 0.05) is 18.1 Å². The van der Waals surface area contributed by atoms with Crippen LogP contribution in [0.25, 0.3) is 5.57 Å². The van der Waals surface area contributed by atoms with Crippen LogP contribution < -0.4 is 5.32 Å². The first kappa shape index (κ1) is 14.7. The van der Waals surface area contributed by atoms with E-state index in [4.69, 9.17) is 16.9 Å². The molecule has 0 radical (unpaired) electrons. The fourth-order valence-electron chi connectivity index (χ4n) is 1.95. The highest BCUT2D eigenvalue weighted by atomic mass is 35.5. The van der Waals surface area contributed by atoms with Crippen LogP contribution in [0.3, 0.4) is 0 Å². The van der Waals surface area contributed by atoms with Crippen molar-refractivity contribution in [2.75, 3.05) is 5.32 Å². The van der Waals surface area contributed by atoms with Gasteiger partial charge in [0.1, 0.15) is 11.6 Å². The van der Waals surface area contributed by atoms with Crippen LogP contribution in [0, 0.1) is 11.3 Å². The highest BCUT2D eigenvalue weighted by Gasteiger charge is 2.05. The van der Waals surface area contributed by atoms with Gasteiger partial charge in [0.25, 0.3) is 0 Å². The predicted molar refractivity (Wildman–Crippen MR) is 84.2 cm³/mol. The standard InChI is InChI=1S/C14H11ClN8/c15-12-7-18-23(9-12)8-10-2-1-3-13(4-10)17-6-11(5-16)14-19-21-22-20-14/h1-4,6-7,9,17H,8H2,(H,19,20,21,22). The second-order valence-electron chi connectivity index (χ2n) is 4.61. The molecule has 9 heteroatoms. The number of nitrogens with zero attached hydrogens (tertiary/aromatic N) is 6. The van der Waals surface area contributed by atoms with E-state index in [-0.39, 0.29) is 11.4 Å². The minimum atomic E-state index is 0.238. The molecule has 2 N–H and O–H groups in total. The van der Waals surface area contributed by atoms with E-state index in [1.807, 2.05) is 30.3 Å². The molecule has 0 atom stereocenters. The van der Waals surface area contributed by atoms with E-state index >= 15 is 0 Å². The SMILES string of the molecule is N#CC(=CNc1cccc(Cn2cc(Cl)cn2)c1)c1nn[nH]n1. The van der Waals surface area contributed by atoms with Crippen LogP contribution in [0.5, 0.6) is 0 Å². The summed E-state index contributed by atoms with van der Waals surface area (Å²) < 4.78 is 1.75.